The van der Waals surface area contributed by atoms with E-state index in [1.54, 1.807) is 6.08 Å². The average Bonchev–Trinajstić information content (AvgIpc) is 2.55. The number of hydrogen-bond donors (Lipinski definition) is 1. The summed E-state index contributed by atoms with van der Waals surface area (Å²) >= 11 is 0. The Kier molecular flexibility index (Phi) is 4.60. The molecule has 2 aromatic rings. The molecule has 0 atom stereocenters. The standard InChI is InChI=1S/C18H21NO2S/c20-22(21,18-9-11-19-12-10-18)13-3-4-15-7-8-16-5-1-2-6-17(16)14-15/h1-8,14,18-19H,9-13H2. The van der Waals surface area contributed by atoms with Crippen molar-refractivity contribution in [2.24, 2.45) is 0 Å². The summed E-state index contributed by atoms with van der Waals surface area (Å²) in [6.07, 6.45) is 5.14. The molecule has 116 valence electrons. The molecule has 0 unspecified atom stereocenters. The van der Waals surface area contributed by atoms with Gasteiger partial charge in [-0.05, 0) is 48.3 Å². The fourth-order valence-corrected chi connectivity index (χ4v) is 4.51. The molecule has 3 rings (SSSR count). The summed E-state index contributed by atoms with van der Waals surface area (Å²) < 4.78 is 24.6. The zero-order chi connectivity index (χ0) is 15.4. The molecule has 0 saturated carbocycles. The van der Waals surface area contributed by atoms with Crippen molar-refractivity contribution in [1.82, 2.24) is 5.32 Å². The predicted molar refractivity (Wildman–Crippen MR) is 92.7 cm³/mol. The van der Waals surface area contributed by atoms with Gasteiger partial charge < -0.3 is 5.32 Å². The van der Waals surface area contributed by atoms with E-state index in [1.807, 2.05) is 24.3 Å². The van der Waals surface area contributed by atoms with Crippen molar-refractivity contribution in [2.75, 3.05) is 18.8 Å². The van der Waals surface area contributed by atoms with Gasteiger partial charge in [0.25, 0.3) is 0 Å². The van der Waals surface area contributed by atoms with Crippen LogP contribution in [0, 0.1) is 0 Å². The summed E-state index contributed by atoms with van der Waals surface area (Å²) in [5.74, 6) is 0.129. The number of hydrogen-bond acceptors (Lipinski definition) is 3. The first-order valence-corrected chi connectivity index (χ1v) is 9.44. The Balaban J connectivity index is 1.70. The maximum Gasteiger partial charge on any atom is 0.156 e. The molecule has 0 bridgehead atoms. The minimum atomic E-state index is -3.02. The maximum atomic E-state index is 12.3. The van der Waals surface area contributed by atoms with E-state index in [0.717, 1.165) is 31.5 Å². The molecule has 1 saturated heterocycles. The summed E-state index contributed by atoms with van der Waals surface area (Å²) in [5, 5.41) is 5.39. The molecule has 1 fully saturated rings. The van der Waals surface area contributed by atoms with Crippen LogP contribution in [-0.2, 0) is 9.84 Å². The van der Waals surface area contributed by atoms with E-state index in [4.69, 9.17) is 0 Å². The molecule has 2 aromatic carbocycles. The monoisotopic (exact) mass is 315 g/mol. The second kappa shape index (κ2) is 6.63. The Hall–Kier alpha value is -1.65. The molecular formula is C18H21NO2S. The first-order chi connectivity index (χ1) is 10.6. The molecule has 1 heterocycles. The largest absolute Gasteiger partial charge is 0.317 e. The van der Waals surface area contributed by atoms with Gasteiger partial charge in [-0.15, -0.1) is 0 Å². The number of nitrogens with one attached hydrogen (secondary N) is 1. The minimum absolute atomic E-state index is 0.129. The number of rotatable bonds is 4. The van der Waals surface area contributed by atoms with Crippen LogP contribution in [0.5, 0.6) is 0 Å². The molecule has 0 radical (unpaired) electrons. The van der Waals surface area contributed by atoms with Gasteiger partial charge in [-0.2, -0.15) is 0 Å². The Bertz CT molecular complexity index is 775. The Morgan fingerprint density at radius 2 is 1.77 bits per heavy atom. The van der Waals surface area contributed by atoms with Gasteiger partial charge in [-0.25, -0.2) is 8.42 Å². The van der Waals surface area contributed by atoms with E-state index in [1.165, 1.54) is 10.8 Å². The third kappa shape index (κ3) is 3.57. The molecule has 3 nitrogen and oxygen atoms in total. The summed E-state index contributed by atoms with van der Waals surface area (Å²) in [6.45, 7) is 1.61. The van der Waals surface area contributed by atoms with Crippen LogP contribution >= 0.6 is 0 Å². The van der Waals surface area contributed by atoms with E-state index in [9.17, 15) is 8.42 Å². The van der Waals surface area contributed by atoms with E-state index in [0.29, 0.717) is 0 Å². The maximum absolute atomic E-state index is 12.3. The summed E-state index contributed by atoms with van der Waals surface area (Å²) in [4.78, 5) is 0. The number of fused-ring (bicyclic) bond motifs is 1. The lowest BCUT2D eigenvalue weighted by molar-refractivity contribution is 0.498. The van der Waals surface area contributed by atoms with Gasteiger partial charge in [0, 0.05) is 0 Å². The Labute approximate surface area is 132 Å². The highest BCUT2D eigenvalue weighted by atomic mass is 32.2. The van der Waals surface area contributed by atoms with Crippen LogP contribution < -0.4 is 5.32 Å². The van der Waals surface area contributed by atoms with Crippen molar-refractivity contribution in [3.63, 3.8) is 0 Å². The lowest BCUT2D eigenvalue weighted by Crippen LogP contribution is -2.36. The van der Waals surface area contributed by atoms with Crippen molar-refractivity contribution in [3.05, 3.63) is 54.1 Å². The van der Waals surface area contributed by atoms with Gasteiger partial charge in [0.15, 0.2) is 9.84 Å². The van der Waals surface area contributed by atoms with Gasteiger partial charge in [0.2, 0.25) is 0 Å². The molecular weight excluding hydrogens is 294 g/mol. The number of piperidine rings is 1. The smallest absolute Gasteiger partial charge is 0.156 e. The zero-order valence-electron chi connectivity index (χ0n) is 12.5. The van der Waals surface area contributed by atoms with Crippen LogP contribution in [0.3, 0.4) is 0 Å². The lowest BCUT2D eigenvalue weighted by Gasteiger charge is -2.21. The lowest BCUT2D eigenvalue weighted by atomic mass is 10.1. The van der Waals surface area contributed by atoms with Crippen molar-refractivity contribution in [2.45, 2.75) is 18.1 Å². The normalized spacial score (nSPS) is 17.3. The highest BCUT2D eigenvalue weighted by Crippen LogP contribution is 2.18. The van der Waals surface area contributed by atoms with Crippen LogP contribution in [-0.4, -0.2) is 32.5 Å². The number of sulfone groups is 1. The van der Waals surface area contributed by atoms with E-state index >= 15 is 0 Å². The predicted octanol–water partition coefficient (Wildman–Crippen LogP) is 3.02. The van der Waals surface area contributed by atoms with Gasteiger partial charge in [-0.3, -0.25) is 0 Å². The fraction of sp³-hybridized carbons (Fsp3) is 0.333. The van der Waals surface area contributed by atoms with Gasteiger partial charge >= 0.3 is 0 Å². The topological polar surface area (TPSA) is 46.2 Å². The molecule has 0 amide bonds. The second-order valence-electron chi connectivity index (χ2n) is 5.79. The summed E-state index contributed by atoms with van der Waals surface area (Å²) in [5.41, 5.74) is 1.04. The van der Waals surface area contributed by atoms with Gasteiger partial charge in [-0.1, -0.05) is 48.6 Å². The van der Waals surface area contributed by atoms with Crippen molar-refractivity contribution < 1.29 is 8.42 Å². The molecule has 4 heteroatoms. The molecule has 0 aromatic heterocycles. The van der Waals surface area contributed by atoms with E-state index in [2.05, 4.69) is 29.6 Å². The van der Waals surface area contributed by atoms with E-state index in [-0.39, 0.29) is 11.0 Å². The van der Waals surface area contributed by atoms with Crippen molar-refractivity contribution in [1.29, 1.82) is 0 Å². The third-order valence-electron chi connectivity index (χ3n) is 4.21. The third-order valence-corrected chi connectivity index (χ3v) is 6.35. The molecule has 1 N–H and O–H groups in total. The average molecular weight is 315 g/mol. The highest BCUT2D eigenvalue weighted by Gasteiger charge is 2.25. The van der Waals surface area contributed by atoms with Gasteiger partial charge in [0.1, 0.15) is 0 Å². The van der Waals surface area contributed by atoms with Crippen molar-refractivity contribution in [3.8, 4) is 0 Å². The second-order valence-corrected chi connectivity index (χ2v) is 8.11. The fourth-order valence-electron chi connectivity index (χ4n) is 2.92. The summed E-state index contributed by atoms with van der Waals surface area (Å²) in [7, 11) is -3.02. The SMILES string of the molecule is O=S(=O)(CC=Cc1ccc2ccccc2c1)C1CCNCC1. The summed E-state index contributed by atoms with van der Waals surface area (Å²) in [6, 6.07) is 14.3. The molecule has 0 aliphatic carbocycles. The Morgan fingerprint density at radius 1 is 1.05 bits per heavy atom. The van der Waals surface area contributed by atoms with Crippen LogP contribution in [0.4, 0.5) is 0 Å². The molecule has 22 heavy (non-hydrogen) atoms. The first-order valence-electron chi connectivity index (χ1n) is 7.73. The van der Waals surface area contributed by atoms with Crippen LogP contribution in [0.2, 0.25) is 0 Å². The first kappa shape index (κ1) is 15.3. The highest BCUT2D eigenvalue weighted by molar-refractivity contribution is 7.92. The zero-order valence-corrected chi connectivity index (χ0v) is 13.4. The van der Waals surface area contributed by atoms with Gasteiger partial charge in [0.05, 0.1) is 11.0 Å². The molecule has 1 aliphatic heterocycles. The molecule has 1 aliphatic rings. The Morgan fingerprint density at radius 3 is 2.55 bits per heavy atom. The quantitative estimate of drug-likeness (QED) is 0.943. The van der Waals surface area contributed by atoms with E-state index < -0.39 is 9.84 Å². The van der Waals surface area contributed by atoms with Crippen LogP contribution in [0.15, 0.2) is 48.5 Å². The van der Waals surface area contributed by atoms with Crippen LogP contribution in [0.25, 0.3) is 16.8 Å². The van der Waals surface area contributed by atoms with Crippen molar-refractivity contribution >= 4 is 26.7 Å². The molecule has 0 spiro atoms. The number of benzene rings is 2. The minimum Gasteiger partial charge on any atom is -0.317 e. The van der Waals surface area contributed by atoms with Crippen LogP contribution in [0.1, 0.15) is 18.4 Å².